The van der Waals surface area contributed by atoms with Crippen molar-refractivity contribution in [3.05, 3.63) is 0 Å². The summed E-state index contributed by atoms with van der Waals surface area (Å²) in [5.41, 5.74) is -0.854. The topological polar surface area (TPSA) is 46.5 Å². The number of carbonyl (C=O) groups is 1. The van der Waals surface area contributed by atoms with E-state index in [0.29, 0.717) is 31.3 Å². The zero-order chi connectivity index (χ0) is 13.1. The highest BCUT2D eigenvalue weighted by Crippen LogP contribution is 2.41. The van der Waals surface area contributed by atoms with Gasteiger partial charge in [-0.05, 0) is 44.4 Å². The number of rotatable bonds is 4. The SMILES string of the molecule is CCOC(=O)C(CC)C1(O)CCC(C)C(C)C1. The number of aliphatic hydroxyl groups is 1. The van der Waals surface area contributed by atoms with E-state index >= 15 is 0 Å². The smallest absolute Gasteiger partial charge is 0.311 e. The van der Waals surface area contributed by atoms with Crippen LogP contribution in [0.3, 0.4) is 0 Å². The van der Waals surface area contributed by atoms with Crippen LogP contribution in [0.4, 0.5) is 0 Å². The molecular weight excluding hydrogens is 216 g/mol. The van der Waals surface area contributed by atoms with Crippen molar-refractivity contribution in [2.75, 3.05) is 6.61 Å². The summed E-state index contributed by atoms with van der Waals surface area (Å²) in [5, 5.41) is 10.7. The Bertz CT molecular complexity index is 264. The minimum Gasteiger partial charge on any atom is -0.466 e. The Balaban J connectivity index is 2.76. The van der Waals surface area contributed by atoms with Crippen molar-refractivity contribution < 1.29 is 14.6 Å². The second-order valence-electron chi connectivity index (χ2n) is 5.51. The normalized spacial score (nSPS) is 35.4. The monoisotopic (exact) mass is 242 g/mol. The minimum atomic E-state index is -0.854. The number of ether oxygens (including phenoxy) is 1. The van der Waals surface area contributed by atoms with E-state index in [1.165, 1.54) is 0 Å². The highest BCUT2D eigenvalue weighted by molar-refractivity contribution is 5.73. The average Bonchev–Trinajstić information content (AvgIpc) is 2.25. The average molecular weight is 242 g/mol. The molecule has 1 fully saturated rings. The van der Waals surface area contributed by atoms with E-state index in [1.54, 1.807) is 6.92 Å². The van der Waals surface area contributed by atoms with Gasteiger partial charge in [-0.25, -0.2) is 0 Å². The molecule has 0 aromatic rings. The van der Waals surface area contributed by atoms with Gasteiger partial charge in [-0.1, -0.05) is 20.8 Å². The van der Waals surface area contributed by atoms with Gasteiger partial charge in [0.2, 0.25) is 0 Å². The van der Waals surface area contributed by atoms with Gasteiger partial charge >= 0.3 is 5.97 Å². The van der Waals surface area contributed by atoms with Gasteiger partial charge in [0.1, 0.15) is 0 Å². The number of esters is 1. The van der Waals surface area contributed by atoms with Crippen LogP contribution in [0.15, 0.2) is 0 Å². The molecular formula is C14H26O3. The first-order valence-corrected chi connectivity index (χ1v) is 6.83. The maximum Gasteiger partial charge on any atom is 0.311 e. The fourth-order valence-corrected chi connectivity index (χ4v) is 2.95. The molecule has 3 heteroatoms. The lowest BCUT2D eigenvalue weighted by Gasteiger charge is -2.42. The van der Waals surface area contributed by atoms with Crippen LogP contribution < -0.4 is 0 Å². The number of hydrogen-bond acceptors (Lipinski definition) is 3. The third-order valence-corrected chi connectivity index (χ3v) is 4.31. The van der Waals surface area contributed by atoms with Crippen LogP contribution in [0.5, 0.6) is 0 Å². The molecule has 1 aliphatic carbocycles. The van der Waals surface area contributed by atoms with Crippen LogP contribution >= 0.6 is 0 Å². The van der Waals surface area contributed by atoms with E-state index in [1.807, 2.05) is 6.92 Å². The fourth-order valence-electron chi connectivity index (χ4n) is 2.95. The molecule has 0 aliphatic heterocycles. The Morgan fingerprint density at radius 2 is 2.06 bits per heavy atom. The first-order valence-electron chi connectivity index (χ1n) is 6.83. The molecule has 0 amide bonds. The van der Waals surface area contributed by atoms with Gasteiger partial charge in [-0.2, -0.15) is 0 Å². The molecule has 100 valence electrons. The van der Waals surface area contributed by atoms with Gasteiger partial charge in [-0.15, -0.1) is 0 Å². The van der Waals surface area contributed by atoms with E-state index in [-0.39, 0.29) is 11.9 Å². The fraction of sp³-hybridized carbons (Fsp3) is 0.929. The molecule has 1 rings (SSSR count). The molecule has 1 N–H and O–H groups in total. The summed E-state index contributed by atoms with van der Waals surface area (Å²) in [6.07, 6.45) is 3.07. The molecule has 0 radical (unpaired) electrons. The van der Waals surface area contributed by atoms with Crippen molar-refractivity contribution >= 4 is 5.97 Å². The van der Waals surface area contributed by atoms with Crippen LogP contribution in [0.1, 0.15) is 53.4 Å². The molecule has 0 aromatic carbocycles. The Kier molecular flexibility index (Phi) is 4.99. The zero-order valence-corrected chi connectivity index (χ0v) is 11.5. The van der Waals surface area contributed by atoms with E-state index in [2.05, 4.69) is 13.8 Å². The summed E-state index contributed by atoms with van der Waals surface area (Å²) in [5.74, 6) is 0.504. The van der Waals surface area contributed by atoms with Crippen LogP contribution in [0.2, 0.25) is 0 Å². The molecule has 4 atom stereocenters. The highest BCUT2D eigenvalue weighted by Gasteiger charge is 2.45. The highest BCUT2D eigenvalue weighted by atomic mass is 16.5. The van der Waals surface area contributed by atoms with Gasteiger partial charge in [0.15, 0.2) is 0 Å². The number of hydrogen-bond donors (Lipinski definition) is 1. The first-order chi connectivity index (χ1) is 7.94. The minimum absolute atomic E-state index is 0.237. The Hall–Kier alpha value is -0.570. The summed E-state index contributed by atoms with van der Waals surface area (Å²) in [6.45, 7) is 8.52. The third kappa shape index (κ3) is 3.21. The predicted octanol–water partition coefficient (Wildman–Crippen LogP) is 2.76. The van der Waals surface area contributed by atoms with Crippen molar-refractivity contribution in [2.24, 2.45) is 17.8 Å². The summed E-state index contributed by atoms with van der Waals surface area (Å²) in [7, 11) is 0. The molecule has 0 heterocycles. The Labute approximate surface area is 105 Å². The Morgan fingerprint density at radius 3 is 2.53 bits per heavy atom. The van der Waals surface area contributed by atoms with Gasteiger partial charge in [0.05, 0.1) is 18.1 Å². The van der Waals surface area contributed by atoms with E-state index in [0.717, 1.165) is 12.8 Å². The molecule has 0 spiro atoms. The maximum atomic E-state index is 11.9. The number of carbonyl (C=O) groups excluding carboxylic acids is 1. The molecule has 1 saturated carbocycles. The predicted molar refractivity (Wildman–Crippen MR) is 67.5 cm³/mol. The molecule has 0 saturated heterocycles. The molecule has 17 heavy (non-hydrogen) atoms. The van der Waals surface area contributed by atoms with Crippen LogP contribution in [-0.4, -0.2) is 23.3 Å². The molecule has 4 unspecified atom stereocenters. The molecule has 0 aromatic heterocycles. The van der Waals surface area contributed by atoms with E-state index < -0.39 is 5.60 Å². The van der Waals surface area contributed by atoms with Crippen molar-refractivity contribution in [2.45, 2.75) is 59.0 Å². The van der Waals surface area contributed by atoms with Crippen LogP contribution in [-0.2, 0) is 9.53 Å². The van der Waals surface area contributed by atoms with Crippen molar-refractivity contribution in [3.63, 3.8) is 0 Å². The van der Waals surface area contributed by atoms with E-state index in [4.69, 9.17) is 4.74 Å². The third-order valence-electron chi connectivity index (χ3n) is 4.31. The summed E-state index contributed by atoms with van der Waals surface area (Å²) in [4.78, 5) is 11.9. The summed E-state index contributed by atoms with van der Waals surface area (Å²) < 4.78 is 5.08. The lowest BCUT2D eigenvalue weighted by molar-refractivity contribution is -0.163. The van der Waals surface area contributed by atoms with Gasteiger partial charge in [-0.3, -0.25) is 4.79 Å². The van der Waals surface area contributed by atoms with Gasteiger partial charge in [0, 0.05) is 0 Å². The molecule has 3 nitrogen and oxygen atoms in total. The summed E-state index contributed by atoms with van der Waals surface area (Å²) in [6, 6.07) is 0. The second-order valence-corrected chi connectivity index (χ2v) is 5.51. The largest absolute Gasteiger partial charge is 0.466 e. The lowest BCUT2D eigenvalue weighted by Crippen LogP contribution is -2.47. The van der Waals surface area contributed by atoms with Crippen molar-refractivity contribution in [1.82, 2.24) is 0 Å². The quantitative estimate of drug-likeness (QED) is 0.771. The maximum absolute atomic E-state index is 11.9. The van der Waals surface area contributed by atoms with Gasteiger partial charge < -0.3 is 9.84 Å². The van der Waals surface area contributed by atoms with Gasteiger partial charge in [0.25, 0.3) is 0 Å². The zero-order valence-electron chi connectivity index (χ0n) is 11.5. The molecule has 0 bridgehead atoms. The van der Waals surface area contributed by atoms with Crippen molar-refractivity contribution in [3.8, 4) is 0 Å². The van der Waals surface area contributed by atoms with Crippen LogP contribution in [0.25, 0.3) is 0 Å². The van der Waals surface area contributed by atoms with Crippen LogP contribution in [0, 0.1) is 17.8 Å². The second kappa shape index (κ2) is 5.85. The standard InChI is InChI=1S/C14H26O3/c1-5-12(13(15)17-6-2)14(16)8-7-10(3)11(4)9-14/h10-12,16H,5-9H2,1-4H3. The van der Waals surface area contributed by atoms with Crippen molar-refractivity contribution in [1.29, 1.82) is 0 Å². The lowest BCUT2D eigenvalue weighted by atomic mass is 9.67. The van der Waals surface area contributed by atoms with E-state index in [9.17, 15) is 9.90 Å². The first kappa shape index (κ1) is 14.5. The Morgan fingerprint density at radius 1 is 1.41 bits per heavy atom. The molecule has 1 aliphatic rings. The summed E-state index contributed by atoms with van der Waals surface area (Å²) >= 11 is 0.